The van der Waals surface area contributed by atoms with E-state index in [1.807, 2.05) is 43.3 Å². The van der Waals surface area contributed by atoms with Crippen molar-refractivity contribution in [3.63, 3.8) is 0 Å². The topological polar surface area (TPSA) is 64.4 Å². The van der Waals surface area contributed by atoms with Crippen LogP contribution in [0.2, 0.25) is 0 Å². The van der Waals surface area contributed by atoms with Crippen LogP contribution >= 0.6 is 12.2 Å². The molecular formula is C20H22N4O2S. The van der Waals surface area contributed by atoms with Crippen LogP contribution in [0.15, 0.2) is 53.6 Å². The molecule has 0 spiro atoms. The van der Waals surface area contributed by atoms with Crippen LogP contribution in [0.3, 0.4) is 0 Å². The molecule has 0 atom stereocenters. The summed E-state index contributed by atoms with van der Waals surface area (Å²) in [7, 11) is 1.62. The van der Waals surface area contributed by atoms with Crippen LogP contribution in [0.4, 0.5) is 0 Å². The molecule has 3 aromatic rings. The van der Waals surface area contributed by atoms with Crippen molar-refractivity contribution < 1.29 is 9.47 Å². The molecule has 27 heavy (non-hydrogen) atoms. The molecule has 0 bridgehead atoms. The second-order valence-electron chi connectivity index (χ2n) is 5.80. The fourth-order valence-corrected chi connectivity index (χ4v) is 2.92. The third-order valence-electron chi connectivity index (χ3n) is 4.03. The highest BCUT2D eigenvalue weighted by molar-refractivity contribution is 7.71. The van der Waals surface area contributed by atoms with Crippen LogP contribution < -0.4 is 9.47 Å². The Morgan fingerprint density at radius 1 is 1.15 bits per heavy atom. The molecule has 0 aliphatic carbocycles. The van der Waals surface area contributed by atoms with Gasteiger partial charge in [-0.25, -0.2) is 0 Å². The Hall–Kier alpha value is -2.93. The number of hydrogen-bond acceptors (Lipinski definition) is 5. The van der Waals surface area contributed by atoms with Gasteiger partial charge in [-0.3, -0.25) is 5.10 Å². The van der Waals surface area contributed by atoms with Crippen molar-refractivity contribution in [1.29, 1.82) is 0 Å². The number of aryl methyl sites for hydroxylation is 2. The van der Waals surface area contributed by atoms with Crippen LogP contribution in [0.1, 0.15) is 23.9 Å². The predicted molar refractivity (Wildman–Crippen MR) is 108 cm³/mol. The van der Waals surface area contributed by atoms with E-state index in [9.17, 15) is 0 Å². The van der Waals surface area contributed by atoms with E-state index in [0.717, 1.165) is 24.2 Å². The van der Waals surface area contributed by atoms with E-state index < -0.39 is 0 Å². The Morgan fingerprint density at radius 2 is 1.96 bits per heavy atom. The minimum atomic E-state index is 0.454. The maximum absolute atomic E-state index is 5.72. The normalized spacial score (nSPS) is 11.0. The van der Waals surface area contributed by atoms with E-state index >= 15 is 0 Å². The molecule has 6 nitrogen and oxygen atoms in total. The average Bonchev–Trinajstić information content (AvgIpc) is 3.06. The Morgan fingerprint density at radius 3 is 2.70 bits per heavy atom. The maximum atomic E-state index is 5.72. The van der Waals surface area contributed by atoms with Crippen LogP contribution in [-0.4, -0.2) is 34.8 Å². The van der Waals surface area contributed by atoms with Gasteiger partial charge in [0.05, 0.1) is 19.9 Å². The number of hydrogen-bond donors (Lipinski definition) is 1. The molecular weight excluding hydrogens is 360 g/mol. The number of rotatable bonds is 8. The standard InChI is InChI=1S/C20H22N4O2S/c1-3-26-19-16(10-7-11-17(19)25-2)14-21-24-18(22-23-20(24)27)13-12-15-8-5-4-6-9-15/h4-11,14H,3,12-13H2,1-2H3,(H,23,27)/b21-14-. The summed E-state index contributed by atoms with van der Waals surface area (Å²) in [5, 5.41) is 11.7. The van der Waals surface area contributed by atoms with E-state index in [1.54, 1.807) is 18.0 Å². The molecule has 0 saturated heterocycles. The Labute approximate surface area is 163 Å². The van der Waals surface area contributed by atoms with Gasteiger partial charge in [-0.2, -0.15) is 14.9 Å². The molecule has 0 unspecified atom stereocenters. The summed E-state index contributed by atoms with van der Waals surface area (Å²) >= 11 is 5.33. The number of nitrogens with zero attached hydrogens (tertiary/aromatic N) is 3. The van der Waals surface area contributed by atoms with Crippen molar-refractivity contribution in [3.8, 4) is 11.5 Å². The van der Waals surface area contributed by atoms with Crippen molar-refractivity contribution in [2.75, 3.05) is 13.7 Å². The number of aromatic amines is 1. The highest BCUT2D eigenvalue weighted by Crippen LogP contribution is 2.30. The molecule has 7 heteroatoms. The van der Waals surface area contributed by atoms with Gasteiger partial charge in [0, 0.05) is 12.0 Å². The smallest absolute Gasteiger partial charge is 0.216 e. The quantitative estimate of drug-likeness (QED) is 0.472. The predicted octanol–water partition coefficient (Wildman–Crippen LogP) is 4.02. The van der Waals surface area contributed by atoms with Gasteiger partial charge in [0.25, 0.3) is 0 Å². The van der Waals surface area contributed by atoms with Crippen LogP contribution in [0.5, 0.6) is 11.5 Å². The van der Waals surface area contributed by atoms with Crippen molar-refractivity contribution in [2.24, 2.45) is 5.10 Å². The highest BCUT2D eigenvalue weighted by atomic mass is 32.1. The first-order valence-electron chi connectivity index (χ1n) is 8.77. The van der Waals surface area contributed by atoms with Crippen LogP contribution in [-0.2, 0) is 12.8 Å². The Kier molecular flexibility index (Phi) is 6.38. The third-order valence-corrected chi connectivity index (χ3v) is 4.29. The van der Waals surface area contributed by atoms with Crippen LogP contribution in [0, 0.1) is 4.77 Å². The summed E-state index contributed by atoms with van der Waals surface area (Å²) in [4.78, 5) is 0. The van der Waals surface area contributed by atoms with Gasteiger partial charge in [0.15, 0.2) is 17.3 Å². The number of ether oxygens (including phenoxy) is 2. The summed E-state index contributed by atoms with van der Waals surface area (Å²) in [5.74, 6) is 2.11. The molecule has 0 saturated carbocycles. The molecule has 0 radical (unpaired) electrons. The zero-order valence-electron chi connectivity index (χ0n) is 15.4. The number of methoxy groups -OCH3 is 1. The second kappa shape index (κ2) is 9.14. The molecule has 0 aliphatic heterocycles. The first-order chi connectivity index (χ1) is 13.2. The molecule has 0 amide bonds. The first kappa shape index (κ1) is 18.8. The fraction of sp³-hybridized carbons (Fsp3) is 0.250. The lowest BCUT2D eigenvalue weighted by atomic mass is 10.1. The third kappa shape index (κ3) is 4.62. The number of nitrogens with one attached hydrogen (secondary N) is 1. The van der Waals surface area contributed by atoms with Gasteiger partial charge in [0.1, 0.15) is 0 Å². The van der Waals surface area contributed by atoms with Gasteiger partial charge in [0.2, 0.25) is 4.77 Å². The van der Waals surface area contributed by atoms with Gasteiger partial charge >= 0.3 is 0 Å². The number of para-hydroxylation sites is 1. The van der Waals surface area contributed by atoms with Crippen molar-refractivity contribution in [3.05, 3.63) is 70.3 Å². The van der Waals surface area contributed by atoms with E-state index in [1.165, 1.54) is 5.56 Å². The SMILES string of the molecule is CCOc1c(/C=N\n2c(CCc3ccccc3)n[nH]c2=S)cccc1OC. The van der Waals surface area contributed by atoms with Crippen molar-refractivity contribution >= 4 is 18.4 Å². The monoisotopic (exact) mass is 382 g/mol. The molecule has 1 heterocycles. The largest absolute Gasteiger partial charge is 0.493 e. The van der Waals surface area contributed by atoms with E-state index in [2.05, 4.69) is 27.4 Å². The minimum Gasteiger partial charge on any atom is -0.493 e. The zero-order chi connectivity index (χ0) is 19.1. The molecule has 140 valence electrons. The molecule has 2 aromatic carbocycles. The summed E-state index contributed by atoms with van der Waals surface area (Å²) in [6.45, 7) is 2.47. The number of benzene rings is 2. The van der Waals surface area contributed by atoms with E-state index in [0.29, 0.717) is 22.9 Å². The van der Waals surface area contributed by atoms with Gasteiger partial charge in [-0.1, -0.05) is 36.4 Å². The average molecular weight is 382 g/mol. The van der Waals surface area contributed by atoms with Gasteiger partial charge in [-0.15, -0.1) is 0 Å². The van der Waals surface area contributed by atoms with E-state index in [-0.39, 0.29) is 0 Å². The molecule has 1 N–H and O–H groups in total. The highest BCUT2D eigenvalue weighted by Gasteiger charge is 2.10. The second-order valence-corrected chi connectivity index (χ2v) is 6.19. The van der Waals surface area contributed by atoms with Crippen LogP contribution in [0.25, 0.3) is 0 Å². The Bertz CT molecular complexity index is 964. The summed E-state index contributed by atoms with van der Waals surface area (Å²) < 4.78 is 13.2. The minimum absolute atomic E-state index is 0.454. The lowest BCUT2D eigenvalue weighted by Crippen LogP contribution is -2.03. The maximum Gasteiger partial charge on any atom is 0.216 e. The number of aromatic nitrogens is 3. The molecule has 0 aliphatic rings. The van der Waals surface area contributed by atoms with Gasteiger partial charge < -0.3 is 9.47 Å². The molecule has 0 fully saturated rings. The zero-order valence-corrected chi connectivity index (χ0v) is 16.2. The molecule has 1 aromatic heterocycles. The summed E-state index contributed by atoms with van der Waals surface area (Å²) in [6.07, 6.45) is 3.30. The van der Waals surface area contributed by atoms with E-state index in [4.69, 9.17) is 21.7 Å². The molecule has 3 rings (SSSR count). The lowest BCUT2D eigenvalue weighted by Gasteiger charge is -2.11. The van der Waals surface area contributed by atoms with Crippen molar-refractivity contribution in [1.82, 2.24) is 14.9 Å². The summed E-state index contributed by atoms with van der Waals surface area (Å²) in [5.41, 5.74) is 2.06. The number of H-pyrrole nitrogens is 1. The summed E-state index contributed by atoms with van der Waals surface area (Å²) in [6, 6.07) is 15.9. The van der Waals surface area contributed by atoms with Gasteiger partial charge in [-0.05, 0) is 43.3 Å². The fourth-order valence-electron chi connectivity index (χ4n) is 2.72. The van der Waals surface area contributed by atoms with Crippen molar-refractivity contribution in [2.45, 2.75) is 19.8 Å². The Balaban J connectivity index is 1.84. The first-order valence-corrected chi connectivity index (χ1v) is 9.18. The lowest BCUT2D eigenvalue weighted by molar-refractivity contribution is 0.310.